The van der Waals surface area contributed by atoms with E-state index in [1.807, 2.05) is 23.0 Å². The molecule has 0 spiro atoms. The number of hydrogen-bond acceptors (Lipinski definition) is 3. The van der Waals surface area contributed by atoms with E-state index in [1.165, 1.54) is 11.3 Å². The van der Waals surface area contributed by atoms with E-state index in [2.05, 4.69) is 48.4 Å². The number of rotatable bonds is 3. The van der Waals surface area contributed by atoms with E-state index in [0.29, 0.717) is 5.69 Å². The molecule has 27 heavy (non-hydrogen) atoms. The molecule has 140 valence electrons. The Hall–Kier alpha value is -2.89. The molecule has 1 aliphatic carbocycles. The second-order valence-corrected chi connectivity index (χ2v) is 8.16. The van der Waals surface area contributed by atoms with Gasteiger partial charge < -0.3 is 5.32 Å². The Bertz CT molecular complexity index is 998. The molecule has 0 bridgehead atoms. The summed E-state index contributed by atoms with van der Waals surface area (Å²) in [5.74, 6) is -0.104. The van der Waals surface area contributed by atoms with Gasteiger partial charge in [0.05, 0.1) is 23.6 Å². The van der Waals surface area contributed by atoms with Crippen LogP contribution in [0.4, 0.5) is 0 Å². The number of nitrogens with one attached hydrogen (secondary N) is 1. The SMILES string of the molecule is Cc1ccccc1-n1ncc2c1CC(C)(C)CC2NC(=O)c1ccnn1C. The molecule has 0 saturated heterocycles. The van der Waals surface area contributed by atoms with Gasteiger partial charge in [0.15, 0.2) is 0 Å². The predicted molar refractivity (Wildman–Crippen MR) is 104 cm³/mol. The third kappa shape index (κ3) is 3.16. The van der Waals surface area contributed by atoms with Crippen molar-refractivity contribution in [3.8, 4) is 5.69 Å². The minimum absolute atomic E-state index is 0.0658. The molecule has 1 aliphatic rings. The van der Waals surface area contributed by atoms with E-state index in [4.69, 9.17) is 0 Å². The first-order valence-electron chi connectivity index (χ1n) is 9.27. The van der Waals surface area contributed by atoms with Crippen molar-refractivity contribution in [2.75, 3.05) is 0 Å². The molecule has 2 heterocycles. The Morgan fingerprint density at radius 1 is 1.22 bits per heavy atom. The number of aromatic nitrogens is 4. The van der Waals surface area contributed by atoms with Gasteiger partial charge in [0, 0.05) is 18.8 Å². The minimum atomic E-state index is -0.104. The second kappa shape index (κ2) is 6.37. The fourth-order valence-electron chi connectivity index (χ4n) is 4.01. The number of nitrogens with zero attached hydrogens (tertiary/aromatic N) is 4. The minimum Gasteiger partial charge on any atom is -0.344 e. The molecule has 6 heteroatoms. The van der Waals surface area contributed by atoms with E-state index in [-0.39, 0.29) is 17.4 Å². The fraction of sp³-hybridized carbons (Fsp3) is 0.381. The van der Waals surface area contributed by atoms with E-state index >= 15 is 0 Å². The monoisotopic (exact) mass is 363 g/mol. The van der Waals surface area contributed by atoms with Crippen molar-refractivity contribution >= 4 is 5.91 Å². The molecule has 1 aromatic carbocycles. The summed E-state index contributed by atoms with van der Waals surface area (Å²) in [6.45, 7) is 6.59. The Kier molecular flexibility index (Phi) is 4.13. The molecular formula is C21H25N5O. The summed E-state index contributed by atoms with van der Waals surface area (Å²) >= 11 is 0. The van der Waals surface area contributed by atoms with Gasteiger partial charge in [-0.2, -0.15) is 10.2 Å². The maximum Gasteiger partial charge on any atom is 0.270 e. The van der Waals surface area contributed by atoms with Crippen molar-refractivity contribution in [1.29, 1.82) is 0 Å². The van der Waals surface area contributed by atoms with Crippen molar-refractivity contribution in [2.45, 2.75) is 39.7 Å². The summed E-state index contributed by atoms with van der Waals surface area (Å²) in [6.07, 6.45) is 5.35. The lowest BCUT2D eigenvalue weighted by atomic mass is 9.74. The van der Waals surface area contributed by atoms with Crippen LogP contribution in [0.15, 0.2) is 42.7 Å². The number of para-hydroxylation sites is 1. The second-order valence-electron chi connectivity index (χ2n) is 8.16. The lowest BCUT2D eigenvalue weighted by molar-refractivity contribution is 0.0909. The first-order valence-corrected chi connectivity index (χ1v) is 9.27. The Balaban J connectivity index is 1.72. The number of carbonyl (C=O) groups excluding carboxylic acids is 1. The molecule has 0 fully saturated rings. The van der Waals surface area contributed by atoms with Crippen LogP contribution in [-0.4, -0.2) is 25.5 Å². The van der Waals surface area contributed by atoms with Crippen LogP contribution in [0.25, 0.3) is 5.69 Å². The highest BCUT2D eigenvalue weighted by molar-refractivity contribution is 5.92. The van der Waals surface area contributed by atoms with E-state index in [9.17, 15) is 4.79 Å². The molecule has 0 saturated carbocycles. The van der Waals surface area contributed by atoms with Crippen molar-refractivity contribution in [1.82, 2.24) is 24.9 Å². The first kappa shape index (κ1) is 17.5. The van der Waals surface area contributed by atoms with E-state index in [0.717, 1.165) is 24.1 Å². The Morgan fingerprint density at radius 2 is 2.00 bits per heavy atom. The summed E-state index contributed by atoms with van der Waals surface area (Å²) in [6, 6.07) is 9.93. The van der Waals surface area contributed by atoms with Crippen molar-refractivity contribution in [3.63, 3.8) is 0 Å². The van der Waals surface area contributed by atoms with Gasteiger partial charge in [0.25, 0.3) is 5.91 Å². The van der Waals surface area contributed by atoms with E-state index in [1.54, 1.807) is 24.0 Å². The molecule has 0 aliphatic heterocycles. The molecule has 6 nitrogen and oxygen atoms in total. The highest BCUT2D eigenvalue weighted by Crippen LogP contribution is 2.41. The van der Waals surface area contributed by atoms with Crippen LogP contribution < -0.4 is 5.32 Å². The number of benzene rings is 1. The number of aryl methyl sites for hydroxylation is 2. The van der Waals surface area contributed by atoms with Gasteiger partial charge in [-0.3, -0.25) is 9.48 Å². The molecule has 1 amide bonds. The molecule has 0 radical (unpaired) electrons. The van der Waals surface area contributed by atoms with Gasteiger partial charge in [-0.1, -0.05) is 32.0 Å². The van der Waals surface area contributed by atoms with Gasteiger partial charge >= 0.3 is 0 Å². The largest absolute Gasteiger partial charge is 0.344 e. The van der Waals surface area contributed by atoms with Gasteiger partial charge in [-0.25, -0.2) is 4.68 Å². The number of hydrogen-bond donors (Lipinski definition) is 1. The zero-order valence-electron chi connectivity index (χ0n) is 16.2. The number of fused-ring (bicyclic) bond motifs is 1. The summed E-state index contributed by atoms with van der Waals surface area (Å²) in [5, 5.41) is 12.0. The average molecular weight is 363 g/mol. The van der Waals surface area contributed by atoms with Crippen molar-refractivity contribution in [3.05, 3.63) is 65.2 Å². The van der Waals surface area contributed by atoms with Gasteiger partial charge in [0.2, 0.25) is 0 Å². The van der Waals surface area contributed by atoms with Crippen molar-refractivity contribution in [2.24, 2.45) is 12.5 Å². The van der Waals surface area contributed by atoms with Gasteiger partial charge in [0.1, 0.15) is 5.69 Å². The highest BCUT2D eigenvalue weighted by atomic mass is 16.2. The van der Waals surface area contributed by atoms with Crippen LogP contribution in [0.2, 0.25) is 0 Å². The zero-order chi connectivity index (χ0) is 19.2. The average Bonchev–Trinajstić information content (AvgIpc) is 3.20. The standard InChI is InChI=1S/C21H25N5O/c1-14-7-5-6-8-17(14)26-19-12-21(2,3)11-16(15(19)13-23-26)24-20(27)18-9-10-22-25(18)4/h5-10,13,16H,11-12H2,1-4H3,(H,24,27). The molecule has 3 aromatic rings. The smallest absolute Gasteiger partial charge is 0.270 e. The Morgan fingerprint density at radius 3 is 2.70 bits per heavy atom. The zero-order valence-corrected chi connectivity index (χ0v) is 16.2. The summed E-state index contributed by atoms with van der Waals surface area (Å²) in [5.41, 5.74) is 5.18. The highest BCUT2D eigenvalue weighted by Gasteiger charge is 2.36. The molecule has 1 atom stereocenters. The molecule has 2 aromatic heterocycles. The van der Waals surface area contributed by atoms with Crippen molar-refractivity contribution < 1.29 is 4.79 Å². The fourth-order valence-corrected chi connectivity index (χ4v) is 4.01. The topological polar surface area (TPSA) is 64.7 Å². The van der Waals surface area contributed by atoms with Crippen LogP contribution in [0.3, 0.4) is 0 Å². The summed E-state index contributed by atoms with van der Waals surface area (Å²) < 4.78 is 3.63. The van der Waals surface area contributed by atoms with Gasteiger partial charge in [-0.15, -0.1) is 0 Å². The maximum atomic E-state index is 12.7. The number of amides is 1. The predicted octanol–water partition coefficient (Wildman–Crippen LogP) is 3.36. The molecule has 4 rings (SSSR count). The van der Waals surface area contributed by atoms with Crippen LogP contribution in [0, 0.1) is 12.3 Å². The lowest BCUT2D eigenvalue weighted by Gasteiger charge is -2.36. The maximum absolute atomic E-state index is 12.7. The van der Waals surface area contributed by atoms with Crippen LogP contribution in [0.1, 0.15) is 53.6 Å². The quantitative estimate of drug-likeness (QED) is 0.776. The van der Waals surface area contributed by atoms with Crippen LogP contribution >= 0.6 is 0 Å². The Labute approximate surface area is 159 Å². The summed E-state index contributed by atoms with van der Waals surface area (Å²) in [7, 11) is 1.78. The summed E-state index contributed by atoms with van der Waals surface area (Å²) in [4.78, 5) is 12.7. The molecule has 1 unspecified atom stereocenters. The third-order valence-electron chi connectivity index (χ3n) is 5.38. The van der Waals surface area contributed by atoms with Gasteiger partial charge in [-0.05, 0) is 42.9 Å². The molecule has 1 N–H and O–H groups in total. The van der Waals surface area contributed by atoms with Crippen LogP contribution in [-0.2, 0) is 13.5 Å². The third-order valence-corrected chi connectivity index (χ3v) is 5.38. The number of carbonyl (C=O) groups is 1. The lowest BCUT2D eigenvalue weighted by Crippen LogP contribution is -2.37. The normalized spacial score (nSPS) is 18.1. The molecular weight excluding hydrogens is 338 g/mol. The first-order chi connectivity index (χ1) is 12.9. The van der Waals surface area contributed by atoms with E-state index < -0.39 is 0 Å². The van der Waals surface area contributed by atoms with Crippen LogP contribution in [0.5, 0.6) is 0 Å².